The molecule has 0 aliphatic carbocycles. The van der Waals surface area contributed by atoms with Gasteiger partial charge in [0.1, 0.15) is 0 Å². The number of nitrogens with one attached hydrogen (secondary N) is 1. The van der Waals surface area contributed by atoms with Crippen LogP contribution in [0.3, 0.4) is 0 Å². The molecule has 1 N–H and O–H groups in total. The summed E-state index contributed by atoms with van der Waals surface area (Å²) in [6.45, 7) is 8.27. The van der Waals surface area contributed by atoms with Gasteiger partial charge in [0.05, 0.1) is 12.0 Å². The quantitative estimate of drug-likeness (QED) is 0.911. The summed E-state index contributed by atoms with van der Waals surface area (Å²) in [5.41, 5.74) is 2.62. The molecular weight excluding hydrogens is 270 g/mol. The molecule has 0 atom stereocenters. The average molecular weight is 292 g/mol. The van der Waals surface area contributed by atoms with Crippen molar-refractivity contribution in [2.75, 3.05) is 0 Å². The summed E-state index contributed by atoms with van der Waals surface area (Å²) in [7, 11) is 0. The molecule has 0 saturated heterocycles. The molecule has 0 saturated carbocycles. The molecule has 108 valence electrons. The maximum absolute atomic E-state index is 5.90. The van der Waals surface area contributed by atoms with Gasteiger partial charge in [0, 0.05) is 29.8 Å². The zero-order valence-corrected chi connectivity index (χ0v) is 13.1. The maximum atomic E-state index is 5.90. The highest BCUT2D eigenvalue weighted by Gasteiger charge is 2.10. The molecule has 2 rings (SSSR count). The molecular formula is C16H22ClN3. The van der Waals surface area contributed by atoms with Crippen molar-refractivity contribution in [3.63, 3.8) is 0 Å². The van der Waals surface area contributed by atoms with E-state index in [1.165, 1.54) is 11.3 Å². The highest BCUT2D eigenvalue weighted by molar-refractivity contribution is 6.30. The van der Waals surface area contributed by atoms with Crippen molar-refractivity contribution in [1.82, 2.24) is 14.9 Å². The molecule has 20 heavy (non-hydrogen) atoms. The monoisotopic (exact) mass is 291 g/mol. The number of hydrogen-bond donors (Lipinski definition) is 1. The zero-order chi connectivity index (χ0) is 14.6. The molecule has 0 aliphatic rings. The molecule has 2 aromatic rings. The summed E-state index contributed by atoms with van der Waals surface area (Å²) in [5, 5.41) is 4.28. The van der Waals surface area contributed by atoms with E-state index in [0.717, 1.165) is 24.5 Å². The van der Waals surface area contributed by atoms with Gasteiger partial charge < -0.3 is 9.88 Å². The molecule has 1 aromatic carbocycles. The van der Waals surface area contributed by atoms with Gasteiger partial charge in [-0.1, -0.05) is 23.7 Å². The lowest BCUT2D eigenvalue weighted by Gasteiger charge is -2.21. The minimum Gasteiger partial charge on any atom is -0.333 e. The van der Waals surface area contributed by atoms with Crippen LogP contribution in [0.4, 0.5) is 0 Å². The first-order valence-corrected chi connectivity index (χ1v) is 7.30. The molecule has 0 fully saturated rings. The predicted molar refractivity (Wildman–Crippen MR) is 84.0 cm³/mol. The fourth-order valence-electron chi connectivity index (χ4n) is 1.95. The lowest BCUT2D eigenvalue weighted by atomic mass is 10.1. The van der Waals surface area contributed by atoms with Crippen molar-refractivity contribution in [1.29, 1.82) is 0 Å². The molecule has 0 bridgehead atoms. The molecule has 3 nitrogen and oxygen atoms in total. The largest absolute Gasteiger partial charge is 0.333 e. The minimum absolute atomic E-state index is 0.116. The summed E-state index contributed by atoms with van der Waals surface area (Å²) in [4.78, 5) is 4.25. The third-order valence-corrected chi connectivity index (χ3v) is 3.40. The van der Waals surface area contributed by atoms with E-state index in [1.54, 1.807) is 0 Å². The molecule has 0 unspecified atom stereocenters. The van der Waals surface area contributed by atoms with E-state index in [-0.39, 0.29) is 5.54 Å². The van der Waals surface area contributed by atoms with E-state index in [1.807, 2.05) is 24.7 Å². The van der Waals surface area contributed by atoms with Crippen molar-refractivity contribution in [2.45, 2.75) is 45.8 Å². The van der Waals surface area contributed by atoms with Crippen LogP contribution in [0, 0.1) is 0 Å². The summed E-state index contributed by atoms with van der Waals surface area (Å²) in [6.07, 6.45) is 4.81. The van der Waals surface area contributed by atoms with Crippen molar-refractivity contribution >= 4 is 11.6 Å². The highest BCUT2D eigenvalue weighted by atomic mass is 35.5. The number of benzene rings is 1. The Hall–Kier alpha value is -1.32. The fourth-order valence-corrected chi connectivity index (χ4v) is 2.08. The molecule has 0 aliphatic heterocycles. The Bertz CT molecular complexity index is 538. The minimum atomic E-state index is 0.116. The van der Waals surface area contributed by atoms with Crippen LogP contribution in [0.2, 0.25) is 5.02 Å². The van der Waals surface area contributed by atoms with Crippen molar-refractivity contribution in [2.24, 2.45) is 0 Å². The van der Waals surface area contributed by atoms with Crippen LogP contribution in [-0.2, 0) is 19.5 Å². The molecule has 0 spiro atoms. The van der Waals surface area contributed by atoms with Gasteiger partial charge in [0.2, 0.25) is 0 Å². The smallest absolute Gasteiger partial charge is 0.0948 e. The first-order valence-electron chi connectivity index (χ1n) is 6.92. The van der Waals surface area contributed by atoms with E-state index < -0.39 is 0 Å². The van der Waals surface area contributed by atoms with Crippen molar-refractivity contribution in [3.8, 4) is 0 Å². The Kier molecular flexibility index (Phi) is 4.84. The summed E-state index contributed by atoms with van der Waals surface area (Å²) in [6, 6.07) is 8.03. The number of aromatic nitrogens is 2. The van der Waals surface area contributed by atoms with Crippen molar-refractivity contribution in [3.05, 3.63) is 53.1 Å². The van der Waals surface area contributed by atoms with Gasteiger partial charge in [-0.05, 0) is 44.9 Å². The number of aryl methyl sites for hydroxylation is 2. The van der Waals surface area contributed by atoms with Gasteiger partial charge in [-0.2, -0.15) is 0 Å². The van der Waals surface area contributed by atoms with Crippen LogP contribution >= 0.6 is 11.6 Å². The topological polar surface area (TPSA) is 29.9 Å². The first kappa shape index (κ1) is 15.1. The predicted octanol–water partition coefficient (Wildman–Crippen LogP) is 3.67. The lowest BCUT2D eigenvalue weighted by molar-refractivity contribution is 0.415. The molecule has 0 radical (unpaired) electrons. The van der Waals surface area contributed by atoms with Gasteiger partial charge >= 0.3 is 0 Å². The van der Waals surface area contributed by atoms with Gasteiger partial charge in [-0.25, -0.2) is 4.98 Å². The number of rotatable bonds is 5. The molecule has 4 heteroatoms. The SMILES string of the molecule is CC(C)(C)NCc1cncn1CCc1ccc(Cl)cc1. The number of imidazole rings is 1. The third-order valence-electron chi connectivity index (χ3n) is 3.15. The number of hydrogen-bond acceptors (Lipinski definition) is 2. The van der Waals surface area contributed by atoms with E-state index in [9.17, 15) is 0 Å². The van der Waals surface area contributed by atoms with Crippen LogP contribution in [0.1, 0.15) is 32.0 Å². The Balaban J connectivity index is 1.93. The lowest BCUT2D eigenvalue weighted by Crippen LogP contribution is -2.35. The fraction of sp³-hybridized carbons (Fsp3) is 0.438. The van der Waals surface area contributed by atoms with Gasteiger partial charge in [0.15, 0.2) is 0 Å². The second-order valence-corrected chi connectivity index (χ2v) is 6.49. The normalized spacial score (nSPS) is 11.8. The van der Waals surface area contributed by atoms with Crippen LogP contribution in [0.15, 0.2) is 36.8 Å². The van der Waals surface area contributed by atoms with Crippen LogP contribution in [0.5, 0.6) is 0 Å². The Labute approximate surface area is 126 Å². The average Bonchev–Trinajstić information content (AvgIpc) is 2.82. The molecule has 0 amide bonds. The summed E-state index contributed by atoms with van der Waals surface area (Å²) >= 11 is 5.90. The molecule has 1 aromatic heterocycles. The highest BCUT2D eigenvalue weighted by Crippen LogP contribution is 2.11. The Morgan fingerprint density at radius 2 is 1.90 bits per heavy atom. The van der Waals surface area contributed by atoms with Crippen LogP contribution < -0.4 is 5.32 Å². The Morgan fingerprint density at radius 1 is 1.20 bits per heavy atom. The van der Waals surface area contributed by atoms with Gasteiger partial charge in [-0.15, -0.1) is 0 Å². The summed E-state index contributed by atoms with van der Waals surface area (Å²) in [5.74, 6) is 0. The summed E-state index contributed by atoms with van der Waals surface area (Å²) < 4.78 is 2.20. The zero-order valence-electron chi connectivity index (χ0n) is 12.4. The second kappa shape index (κ2) is 6.42. The van der Waals surface area contributed by atoms with Gasteiger partial charge in [-0.3, -0.25) is 0 Å². The van der Waals surface area contributed by atoms with E-state index in [4.69, 9.17) is 11.6 Å². The Morgan fingerprint density at radius 3 is 2.55 bits per heavy atom. The van der Waals surface area contributed by atoms with Crippen LogP contribution in [0.25, 0.3) is 0 Å². The molecule has 1 heterocycles. The maximum Gasteiger partial charge on any atom is 0.0948 e. The van der Waals surface area contributed by atoms with E-state index in [0.29, 0.717) is 0 Å². The standard InChI is InChI=1S/C16H22ClN3/c1-16(2,3)19-11-15-10-18-12-20(15)9-8-13-4-6-14(17)7-5-13/h4-7,10,12,19H,8-9,11H2,1-3H3. The van der Waals surface area contributed by atoms with Crippen molar-refractivity contribution < 1.29 is 0 Å². The van der Waals surface area contributed by atoms with Crippen LogP contribution in [-0.4, -0.2) is 15.1 Å². The second-order valence-electron chi connectivity index (χ2n) is 6.06. The first-order chi connectivity index (χ1) is 9.44. The number of nitrogens with zero attached hydrogens (tertiary/aromatic N) is 2. The van der Waals surface area contributed by atoms with Gasteiger partial charge in [0.25, 0.3) is 0 Å². The number of halogens is 1. The van der Waals surface area contributed by atoms with E-state index in [2.05, 4.69) is 47.8 Å². The third kappa shape index (κ3) is 4.66. The van der Waals surface area contributed by atoms with E-state index >= 15 is 0 Å².